The summed E-state index contributed by atoms with van der Waals surface area (Å²) in [6.45, 7) is 1.72. The molecule has 0 aliphatic heterocycles. The number of rotatable bonds is 4. The number of nitrogens with one attached hydrogen (secondary N) is 1. The van der Waals surface area contributed by atoms with Crippen molar-refractivity contribution in [2.75, 3.05) is 5.32 Å². The summed E-state index contributed by atoms with van der Waals surface area (Å²) in [5, 5.41) is 4.31. The lowest BCUT2D eigenvalue weighted by atomic mass is 9.91. The Balaban J connectivity index is 2.39. The third-order valence-corrected chi connectivity index (χ3v) is 3.62. The monoisotopic (exact) mass is 308 g/mol. The fourth-order valence-corrected chi connectivity index (χ4v) is 2.21. The zero-order chi connectivity index (χ0) is 14.8. The van der Waals surface area contributed by atoms with Crippen molar-refractivity contribution in [1.82, 2.24) is 0 Å². The summed E-state index contributed by atoms with van der Waals surface area (Å²) in [5.74, 6) is -0.491. The summed E-state index contributed by atoms with van der Waals surface area (Å²) >= 11 is 11.8. The Morgan fingerprint density at radius 1 is 1.10 bits per heavy atom. The van der Waals surface area contributed by atoms with Gasteiger partial charge in [-0.05, 0) is 48.9 Å². The number of carbonyl (C=O) groups excluding carboxylic acids is 1. The van der Waals surface area contributed by atoms with E-state index in [1.54, 1.807) is 55.5 Å². The molecule has 0 bridgehead atoms. The molecular formula is C15H14Cl2N2O. The van der Waals surface area contributed by atoms with Gasteiger partial charge in [-0.25, -0.2) is 0 Å². The lowest BCUT2D eigenvalue weighted by Crippen LogP contribution is -2.45. The van der Waals surface area contributed by atoms with Gasteiger partial charge in [0.1, 0.15) is 5.54 Å². The summed E-state index contributed by atoms with van der Waals surface area (Å²) in [6, 6.07) is 14.1. The molecule has 2 aromatic carbocycles. The van der Waals surface area contributed by atoms with Gasteiger partial charge in [0.25, 0.3) is 0 Å². The molecule has 0 heterocycles. The molecule has 2 rings (SSSR count). The molecule has 3 N–H and O–H groups in total. The molecule has 5 heteroatoms. The van der Waals surface area contributed by atoms with Crippen LogP contribution < -0.4 is 11.1 Å². The van der Waals surface area contributed by atoms with Gasteiger partial charge in [-0.15, -0.1) is 0 Å². The van der Waals surface area contributed by atoms with Gasteiger partial charge in [-0.1, -0.05) is 35.3 Å². The number of nitrogens with two attached hydrogens (primary N) is 1. The van der Waals surface area contributed by atoms with E-state index in [4.69, 9.17) is 28.9 Å². The van der Waals surface area contributed by atoms with Crippen LogP contribution in [0.25, 0.3) is 0 Å². The molecule has 0 spiro atoms. The van der Waals surface area contributed by atoms with Gasteiger partial charge in [0.15, 0.2) is 0 Å². The van der Waals surface area contributed by atoms with Crippen molar-refractivity contribution in [2.45, 2.75) is 12.5 Å². The number of amides is 1. The highest BCUT2D eigenvalue weighted by Crippen LogP contribution is 2.28. The Hall–Kier alpha value is -1.71. The SMILES string of the molecule is CC(Nc1ccc(Cl)cc1)(C(N)=O)c1cccc(Cl)c1. The van der Waals surface area contributed by atoms with Gasteiger partial charge in [-0.3, -0.25) is 4.79 Å². The van der Waals surface area contributed by atoms with Gasteiger partial charge in [-0.2, -0.15) is 0 Å². The van der Waals surface area contributed by atoms with E-state index in [2.05, 4.69) is 5.32 Å². The molecule has 0 radical (unpaired) electrons. The van der Waals surface area contributed by atoms with Gasteiger partial charge in [0.05, 0.1) is 0 Å². The molecule has 104 valence electrons. The largest absolute Gasteiger partial charge is 0.368 e. The average Bonchev–Trinajstić information content (AvgIpc) is 2.41. The maximum Gasteiger partial charge on any atom is 0.247 e. The first-order chi connectivity index (χ1) is 9.41. The fourth-order valence-electron chi connectivity index (χ4n) is 1.90. The molecule has 0 aliphatic rings. The number of hydrogen-bond donors (Lipinski definition) is 2. The molecule has 1 atom stereocenters. The van der Waals surface area contributed by atoms with Crippen LogP contribution in [-0.2, 0) is 10.3 Å². The third kappa shape index (κ3) is 3.06. The van der Waals surface area contributed by atoms with Crippen LogP contribution in [0.2, 0.25) is 10.0 Å². The van der Waals surface area contributed by atoms with Crippen molar-refractivity contribution in [1.29, 1.82) is 0 Å². The number of halogens is 2. The van der Waals surface area contributed by atoms with E-state index >= 15 is 0 Å². The van der Waals surface area contributed by atoms with Crippen LogP contribution in [-0.4, -0.2) is 5.91 Å². The van der Waals surface area contributed by atoms with Crippen LogP contribution in [0.15, 0.2) is 48.5 Å². The molecule has 0 aliphatic carbocycles. The molecule has 20 heavy (non-hydrogen) atoms. The zero-order valence-corrected chi connectivity index (χ0v) is 12.4. The van der Waals surface area contributed by atoms with E-state index in [1.165, 1.54) is 0 Å². The van der Waals surface area contributed by atoms with E-state index in [-0.39, 0.29) is 0 Å². The van der Waals surface area contributed by atoms with Gasteiger partial charge in [0, 0.05) is 15.7 Å². The van der Waals surface area contributed by atoms with Crippen molar-refractivity contribution in [2.24, 2.45) is 5.73 Å². The Bertz CT molecular complexity index is 628. The minimum Gasteiger partial charge on any atom is -0.368 e. The molecule has 0 aromatic heterocycles. The van der Waals surface area contributed by atoms with Crippen LogP contribution in [0, 0.1) is 0 Å². The summed E-state index contributed by atoms with van der Waals surface area (Å²) in [4.78, 5) is 11.9. The third-order valence-electron chi connectivity index (χ3n) is 3.13. The van der Waals surface area contributed by atoms with Crippen LogP contribution in [0.4, 0.5) is 5.69 Å². The minimum absolute atomic E-state index is 0.491. The smallest absolute Gasteiger partial charge is 0.247 e. The standard InChI is InChI=1S/C15H14Cl2N2O/c1-15(14(18)20,10-3-2-4-12(17)9-10)19-13-7-5-11(16)6-8-13/h2-9,19H,1H3,(H2,18,20). The summed E-state index contributed by atoms with van der Waals surface area (Å²) < 4.78 is 0. The normalized spacial score (nSPS) is 13.6. The van der Waals surface area contributed by atoms with E-state index < -0.39 is 11.4 Å². The number of hydrogen-bond acceptors (Lipinski definition) is 2. The number of primary amides is 1. The second-order valence-electron chi connectivity index (χ2n) is 4.63. The van der Waals surface area contributed by atoms with Crippen molar-refractivity contribution in [3.63, 3.8) is 0 Å². The maximum atomic E-state index is 11.9. The fraction of sp³-hybridized carbons (Fsp3) is 0.133. The lowest BCUT2D eigenvalue weighted by Gasteiger charge is -2.29. The minimum atomic E-state index is -1.06. The lowest BCUT2D eigenvalue weighted by molar-refractivity contribution is -0.122. The quantitative estimate of drug-likeness (QED) is 0.902. The molecule has 2 aromatic rings. The van der Waals surface area contributed by atoms with Crippen LogP contribution >= 0.6 is 23.2 Å². The molecular weight excluding hydrogens is 295 g/mol. The Kier molecular flexibility index (Phi) is 4.21. The highest BCUT2D eigenvalue weighted by molar-refractivity contribution is 6.31. The molecule has 0 fully saturated rings. The van der Waals surface area contributed by atoms with Gasteiger partial charge in [0.2, 0.25) is 5.91 Å². The summed E-state index contributed by atoms with van der Waals surface area (Å²) in [5.41, 5.74) is 5.95. The van der Waals surface area contributed by atoms with Crippen LogP contribution in [0.1, 0.15) is 12.5 Å². The summed E-state index contributed by atoms with van der Waals surface area (Å²) in [7, 11) is 0. The Morgan fingerprint density at radius 3 is 2.30 bits per heavy atom. The van der Waals surface area contributed by atoms with Crippen molar-refractivity contribution in [3.05, 3.63) is 64.1 Å². The molecule has 0 saturated heterocycles. The molecule has 3 nitrogen and oxygen atoms in total. The highest BCUT2D eigenvalue weighted by Gasteiger charge is 2.33. The highest BCUT2D eigenvalue weighted by atomic mass is 35.5. The second-order valence-corrected chi connectivity index (χ2v) is 5.50. The predicted molar refractivity (Wildman–Crippen MR) is 83.1 cm³/mol. The predicted octanol–water partition coefficient (Wildman–Crippen LogP) is 3.81. The number of carbonyl (C=O) groups is 1. The van der Waals surface area contributed by atoms with E-state index in [1.807, 2.05) is 0 Å². The van der Waals surface area contributed by atoms with Crippen LogP contribution in [0.3, 0.4) is 0 Å². The second kappa shape index (κ2) is 5.73. The first kappa shape index (κ1) is 14.7. The van der Waals surface area contributed by atoms with Gasteiger partial charge >= 0.3 is 0 Å². The van der Waals surface area contributed by atoms with Crippen molar-refractivity contribution >= 4 is 34.8 Å². The first-order valence-electron chi connectivity index (χ1n) is 6.01. The molecule has 0 saturated carbocycles. The topological polar surface area (TPSA) is 55.1 Å². The molecule has 1 unspecified atom stereocenters. The van der Waals surface area contributed by atoms with E-state index in [0.29, 0.717) is 15.6 Å². The summed E-state index contributed by atoms with van der Waals surface area (Å²) in [6.07, 6.45) is 0. The van der Waals surface area contributed by atoms with Crippen molar-refractivity contribution < 1.29 is 4.79 Å². The first-order valence-corrected chi connectivity index (χ1v) is 6.77. The molecule has 1 amide bonds. The Labute approximate surface area is 127 Å². The zero-order valence-electron chi connectivity index (χ0n) is 10.9. The average molecular weight is 309 g/mol. The van der Waals surface area contributed by atoms with Crippen LogP contribution in [0.5, 0.6) is 0 Å². The van der Waals surface area contributed by atoms with E-state index in [9.17, 15) is 4.79 Å². The number of benzene rings is 2. The van der Waals surface area contributed by atoms with E-state index in [0.717, 1.165) is 5.69 Å². The number of anilines is 1. The Morgan fingerprint density at radius 2 is 1.75 bits per heavy atom. The maximum absolute atomic E-state index is 11.9. The van der Waals surface area contributed by atoms with Crippen molar-refractivity contribution in [3.8, 4) is 0 Å². The van der Waals surface area contributed by atoms with Gasteiger partial charge < -0.3 is 11.1 Å².